The summed E-state index contributed by atoms with van der Waals surface area (Å²) in [6.07, 6.45) is 7.55. The monoisotopic (exact) mass is 413 g/mol. The number of nitrogens with zero attached hydrogens (tertiary/aromatic N) is 4. The van der Waals surface area contributed by atoms with Crippen LogP contribution < -0.4 is 10.6 Å². The molecule has 5 rings (SSSR count). The number of piperidine rings is 1. The first-order chi connectivity index (χ1) is 13.9. The molecule has 1 aliphatic carbocycles. The summed E-state index contributed by atoms with van der Waals surface area (Å²) in [6, 6.07) is 6.55. The lowest BCUT2D eigenvalue weighted by Crippen LogP contribution is -2.43. The summed E-state index contributed by atoms with van der Waals surface area (Å²) in [5.74, 6) is 0.882. The molecule has 2 aliphatic heterocycles. The van der Waals surface area contributed by atoms with Gasteiger partial charge in [-0.15, -0.1) is 0 Å². The molecule has 29 heavy (non-hydrogen) atoms. The normalized spacial score (nSPS) is 22.9. The Labute approximate surface area is 176 Å². The standard InChI is InChI=1S/C22H28ClN5O/c1-27-10-8-21(9-11-27)14-28(19-17(23)13-25-20(24)26-19)18-12-15(4-5-16(18)21)22(29)6-2-3-7-22/h4-5,12-13,29H,2-3,6-11,14H2,1H3,(H2,24,25,26). The Kier molecular flexibility index (Phi) is 4.49. The van der Waals surface area contributed by atoms with Crippen molar-refractivity contribution in [3.63, 3.8) is 0 Å². The summed E-state index contributed by atoms with van der Waals surface area (Å²) < 4.78 is 0. The van der Waals surface area contributed by atoms with Crippen LogP contribution in [0.25, 0.3) is 0 Å². The van der Waals surface area contributed by atoms with Crippen molar-refractivity contribution in [2.24, 2.45) is 0 Å². The molecule has 7 heteroatoms. The summed E-state index contributed by atoms with van der Waals surface area (Å²) in [5.41, 5.74) is 8.69. The second-order valence-corrected chi connectivity index (χ2v) is 9.45. The van der Waals surface area contributed by atoms with Crippen molar-refractivity contribution in [2.45, 2.75) is 49.5 Å². The Bertz CT molecular complexity index is 935. The highest BCUT2D eigenvalue weighted by molar-refractivity contribution is 6.33. The first-order valence-electron chi connectivity index (χ1n) is 10.5. The number of aliphatic hydroxyl groups is 1. The van der Waals surface area contributed by atoms with Crippen molar-refractivity contribution in [3.05, 3.63) is 40.5 Å². The van der Waals surface area contributed by atoms with Crippen LogP contribution in [-0.4, -0.2) is 46.7 Å². The average Bonchev–Trinajstić information content (AvgIpc) is 3.29. The molecule has 2 aromatic rings. The second-order valence-electron chi connectivity index (χ2n) is 9.04. The van der Waals surface area contributed by atoms with Crippen molar-refractivity contribution >= 4 is 29.1 Å². The van der Waals surface area contributed by atoms with Gasteiger partial charge in [0.15, 0.2) is 5.82 Å². The first kappa shape index (κ1) is 19.1. The summed E-state index contributed by atoms with van der Waals surface area (Å²) in [5, 5.41) is 11.7. The third-order valence-corrected chi connectivity index (χ3v) is 7.50. The number of likely N-dealkylation sites (tertiary alicyclic amines) is 1. The Morgan fingerprint density at radius 2 is 1.86 bits per heavy atom. The highest BCUT2D eigenvalue weighted by Crippen LogP contribution is 2.52. The van der Waals surface area contributed by atoms with Crippen LogP contribution in [0.3, 0.4) is 0 Å². The first-order valence-corrected chi connectivity index (χ1v) is 10.9. The van der Waals surface area contributed by atoms with E-state index in [2.05, 4.69) is 45.0 Å². The molecule has 0 bridgehead atoms. The van der Waals surface area contributed by atoms with E-state index in [1.807, 2.05) is 0 Å². The Balaban J connectivity index is 1.64. The number of hydrogen-bond acceptors (Lipinski definition) is 6. The number of benzene rings is 1. The van der Waals surface area contributed by atoms with Crippen LogP contribution in [0.1, 0.15) is 49.7 Å². The number of rotatable bonds is 2. The number of nitrogen functional groups attached to an aromatic ring is 1. The molecule has 6 nitrogen and oxygen atoms in total. The van der Waals surface area contributed by atoms with E-state index in [1.54, 1.807) is 6.20 Å². The lowest BCUT2D eigenvalue weighted by molar-refractivity contribution is 0.0445. The maximum Gasteiger partial charge on any atom is 0.222 e. The van der Waals surface area contributed by atoms with Crippen molar-refractivity contribution in [1.29, 1.82) is 0 Å². The van der Waals surface area contributed by atoms with E-state index < -0.39 is 5.60 Å². The maximum atomic E-state index is 11.2. The molecule has 3 N–H and O–H groups in total. The molecule has 2 fully saturated rings. The molecule has 154 valence electrons. The highest BCUT2D eigenvalue weighted by Gasteiger charge is 2.46. The quantitative estimate of drug-likeness (QED) is 0.783. The topological polar surface area (TPSA) is 78.5 Å². The van der Waals surface area contributed by atoms with Gasteiger partial charge in [0.05, 0.1) is 11.8 Å². The largest absolute Gasteiger partial charge is 0.385 e. The molecule has 0 amide bonds. The minimum atomic E-state index is -0.724. The average molecular weight is 414 g/mol. The van der Waals surface area contributed by atoms with E-state index in [0.717, 1.165) is 69.4 Å². The predicted octanol–water partition coefficient (Wildman–Crippen LogP) is 3.59. The van der Waals surface area contributed by atoms with Crippen LogP contribution in [-0.2, 0) is 11.0 Å². The van der Waals surface area contributed by atoms with Crippen molar-refractivity contribution in [1.82, 2.24) is 14.9 Å². The molecule has 1 saturated carbocycles. The molecule has 1 aromatic heterocycles. The van der Waals surface area contributed by atoms with E-state index in [-0.39, 0.29) is 11.4 Å². The molecule has 3 heterocycles. The highest BCUT2D eigenvalue weighted by atomic mass is 35.5. The van der Waals surface area contributed by atoms with Crippen molar-refractivity contribution < 1.29 is 5.11 Å². The van der Waals surface area contributed by atoms with Crippen LogP contribution in [0.2, 0.25) is 5.02 Å². The third-order valence-electron chi connectivity index (χ3n) is 7.23. The summed E-state index contributed by atoms with van der Waals surface area (Å²) in [7, 11) is 2.18. The molecule has 1 aromatic carbocycles. The lowest BCUT2D eigenvalue weighted by atomic mass is 9.74. The number of anilines is 3. The Hall–Kier alpha value is -1.89. The van der Waals surface area contributed by atoms with Crippen LogP contribution in [0.15, 0.2) is 24.4 Å². The van der Waals surface area contributed by atoms with Gasteiger partial charge in [-0.05, 0) is 63.0 Å². The smallest absolute Gasteiger partial charge is 0.222 e. The molecule has 0 unspecified atom stereocenters. The zero-order chi connectivity index (χ0) is 20.2. The summed E-state index contributed by atoms with van der Waals surface area (Å²) in [4.78, 5) is 13.1. The molecule has 0 radical (unpaired) electrons. The van der Waals surface area contributed by atoms with Crippen LogP contribution in [0, 0.1) is 0 Å². The lowest BCUT2D eigenvalue weighted by Gasteiger charge is -2.38. The maximum absolute atomic E-state index is 11.2. The van der Waals surface area contributed by atoms with Gasteiger partial charge in [0.25, 0.3) is 0 Å². The minimum Gasteiger partial charge on any atom is -0.385 e. The zero-order valence-electron chi connectivity index (χ0n) is 16.9. The minimum absolute atomic E-state index is 0.0711. The van der Waals surface area contributed by atoms with E-state index in [0.29, 0.717) is 10.8 Å². The number of nitrogens with two attached hydrogens (primary N) is 1. The molecular weight excluding hydrogens is 386 g/mol. The van der Waals surface area contributed by atoms with Gasteiger partial charge in [-0.25, -0.2) is 4.98 Å². The molecule has 1 spiro atoms. The van der Waals surface area contributed by atoms with E-state index in [1.165, 1.54) is 5.56 Å². The van der Waals surface area contributed by atoms with Gasteiger partial charge in [-0.1, -0.05) is 36.6 Å². The fourth-order valence-corrected chi connectivity index (χ4v) is 5.63. The fraction of sp³-hybridized carbons (Fsp3) is 0.545. The van der Waals surface area contributed by atoms with E-state index >= 15 is 0 Å². The predicted molar refractivity (Wildman–Crippen MR) is 116 cm³/mol. The fourth-order valence-electron chi connectivity index (χ4n) is 5.44. The zero-order valence-corrected chi connectivity index (χ0v) is 17.6. The van der Waals surface area contributed by atoms with Gasteiger partial charge in [0, 0.05) is 17.6 Å². The number of hydrogen-bond donors (Lipinski definition) is 2. The SMILES string of the molecule is CN1CCC2(CC1)CN(c1nc(N)ncc1Cl)c1cc(C3(O)CCCC3)ccc12. The number of aromatic nitrogens is 2. The van der Waals surface area contributed by atoms with Crippen molar-refractivity contribution in [3.8, 4) is 0 Å². The Morgan fingerprint density at radius 1 is 1.14 bits per heavy atom. The van der Waals surface area contributed by atoms with Gasteiger partial charge in [0.1, 0.15) is 5.02 Å². The number of fused-ring (bicyclic) bond motifs is 2. The van der Waals surface area contributed by atoms with Crippen molar-refractivity contribution in [2.75, 3.05) is 37.3 Å². The van der Waals surface area contributed by atoms with Gasteiger partial charge in [-0.2, -0.15) is 4.98 Å². The molecule has 3 aliphatic rings. The Morgan fingerprint density at radius 3 is 2.59 bits per heavy atom. The van der Waals surface area contributed by atoms with Crippen LogP contribution in [0.4, 0.5) is 17.5 Å². The van der Waals surface area contributed by atoms with Gasteiger partial charge >= 0.3 is 0 Å². The molecule has 0 atom stereocenters. The van der Waals surface area contributed by atoms with Gasteiger partial charge in [-0.3, -0.25) is 0 Å². The second kappa shape index (κ2) is 6.83. The van der Waals surface area contributed by atoms with Gasteiger partial charge in [0.2, 0.25) is 5.95 Å². The van der Waals surface area contributed by atoms with Crippen LogP contribution >= 0.6 is 11.6 Å². The third kappa shape index (κ3) is 3.09. The van der Waals surface area contributed by atoms with E-state index in [4.69, 9.17) is 17.3 Å². The van der Waals surface area contributed by atoms with Crippen LogP contribution in [0.5, 0.6) is 0 Å². The van der Waals surface area contributed by atoms with E-state index in [9.17, 15) is 5.11 Å². The molecule has 1 saturated heterocycles. The number of halogens is 1. The summed E-state index contributed by atoms with van der Waals surface area (Å²) in [6.45, 7) is 2.96. The summed E-state index contributed by atoms with van der Waals surface area (Å²) >= 11 is 6.51. The van der Waals surface area contributed by atoms with Gasteiger partial charge < -0.3 is 20.6 Å². The molecular formula is C22H28ClN5O.